The number of rotatable bonds is 17. The number of carbonyl (C=O) groups excluding carboxylic acids is 1. The molecule has 0 spiro atoms. The molecule has 0 aromatic rings. The van der Waals surface area contributed by atoms with Crippen molar-refractivity contribution in [2.45, 2.75) is 90.9 Å². The Labute approximate surface area is 160 Å². The van der Waals surface area contributed by atoms with Crippen LogP contribution in [0.4, 0.5) is 0 Å². The number of aliphatic hydroxyl groups excluding tert-OH is 1. The van der Waals surface area contributed by atoms with E-state index in [1.807, 2.05) is 0 Å². The first-order valence-electron chi connectivity index (χ1n) is 10.3. The summed E-state index contributed by atoms with van der Waals surface area (Å²) in [4.78, 5) is 20.5. The van der Waals surface area contributed by atoms with Gasteiger partial charge in [-0.25, -0.2) is 0 Å². The molecule has 0 aromatic carbocycles. The summed E-state index contributed by atoms with van der Waals surface area (Å²) < 4.78 is 0. The summed E-state index contributed by atoms with van der Waals surface area (Å²) >= 11 is 0. The molecule has 0 heterocycles. The molecule has 0 atom stereocenters. The van der Waals surface area contributed by atoms with E-state index < -0.39 is 5.97 Å². The van der Waals surface area contributed by atoms with Gasteiger partial charge in [-0.1, -0.05) is 71.1 Å². The third-order valence-corrected chi connectivity index (χ3v) is 3.92. The summed E-state index contributed by atoms with van der Waals surface area (Å²) in [6.45, 7) is 5.46. The molecule has 4 N–H and O–H groups in total. The van der Waals surface area contributed by atoms with E-state index in [1.165, 1.54) is 64.2 Å². The van der Waals surface area contributed by atoms with Gasteiger partial charge in [0.05, 0.1) is 6.61 Å². The van der Waals surface area contributed by atoms with E-state index in [1.54, 1.807) is 0 Å². The van der Waals surface area contributed by atoms with Crippen LogP contribution in [0.2, 0.25) is 0 Å². The standard InChI is InChI=1S/C18H38N2O2.C2H4O2/c1-2-3-4-5-6-7-8-9-10-11-12-13-18(22)20-15-14-19-16-17-21;1-2(3)4/h19,21H,2-17H2,1H3,(H,20,22);1H3,(H,3,4). The van der Waals surface area contributed by atoms with Crippen LogP contribution >= 0.6 is 0 Å². The number of unbranched alkanes of at least 4 members (excludes halogenated alkanes) is 10. The molecule has 0 saturated heterocycles. The van der Waals surface area contributed by atoms with Gasteiger partial charge in [0.25, 0.3) is 5.97 Å². The van der Waals surface area contributed by atoms with Crippen LogP contribution in [0.15, 0.2) is 0 Å². The lowest BCUT2D eigenvalue weighted by Gasteiger charge is -2.06. The summed E-state index contributed by atoms with van der Waals surface area (Å²) in [5, 5.41) is 21.9. The van der Waals surface area contributed by atoms with Gasteiger partial charge in [0.15, 0.2) is 0 Å². The number of hydrogen-bond acceptors (Lipinski definition) is 4. The van der Waals surface area contributed by atoms with Gasteiger partial charge in [-0.15, -0.1) is 0 Å². The fraction of sp³-hybridized carbons (Fsp3) is 0.900. The zero-order valence-corrected chi connectivity index (χ0v) is 17.0. The lowest BCUT2D eigenvalue weighted by atomic mass is 10.1. The average molecular weight is 375 g/mol. The molecular weight excluding hydrogens is 332 g/mol. The maximum absolute atomic E-state index is 11.5. The molecule has 0 fully saturated rings. The zero-order chi connectivity index (χ0) is 19.9. The number of amides is 1. The Bertz CT molecular complexity index is 308. The zero-order valence-electron chi connectivity index (χ0n) is 17.0. The molecule has 0 aliphatic heterocycles. The van der Waals surface area contributed by atoms with Gasteiger partial charge in [-0.3, -0.25) is 9.59 Å². The lowest BCUT2D eigenvalue weighted by Crippen LogP contribution is -2.32. The monoisotopic (exact) mass is 374 g/mol. The van der Waals surface area contributed by atoms with Crippen LogP contribution in [0, 0.1) is 0 Å². The number of aliphatic hydroxyl groups is 1. The molecule has 0 radical (unpaired) electrons. The first-order valence-corrected chi connectivity index (χ1v) is 10.3. The lowest BCUT2D eigenvalue weighted by molar-refractivity contribution is -0.134. The van der Waals surface area contributed by atoms with Gasteiger partial charge in [-0.05, 0) is 6.42 Å². The SMILES string of the molecule is CC(=O)O.CCCCCCCCCCCCCC(=O)NCCNCCO. The van der Waals surface area contributed by atoms with Gasteiger partial charge in [0.2, 0.25) is 5.91 Å². The van der Waals surface area contributed by atoms with E-state index in [9.17, 15) is 4.79 Å². The highest BCUT2D eigenvalue weighted by atomic mass is 16.4. The molecule has 0 aliphatic rings. The first kappa shape index (κ1) is 27.1. The summed E-state index contributed by atoms with van der Waals surface area (Å²) in [7, 11) is 0. The van der Waals surface area contributed by atoms with Crippen molar-refractivity contribution in [2.75, 3.05) is 26.2 Å². The van der Waals surface area contributed by atoms with Gasteiger partial charge >= 0.3 is 0 Å². The molecule has 0 aliphatic carbocycles. The minimum Gasteiger partial charge on any atom is -0.481 e. The van der Waals surface area contributed by atoms with Gasteiger partial charge in [0.1, 0.15) is 0 Å². The molecule has 1 amide bonds. The topological polar surface area (TPSA) is 98.7 Å². The Morgan fingerprint density at radius 1 is 0.769 bits per heavy atom. The summed E-state index contributed by atoms with van der Waals surface area (Å²) in [6, 6.07) is 0. The summed E-state index contributed by atoms with van der Waals surface area (Å²) in [5.74, 6) is -0.679. The predicted octanol–water partition coefficient (Wildman–Crippen LogP) is 3.48. The largest absolute Gasteiger partial charge is 0.481 e. The number of aliphatic carboxylic acids is 1. The molecule has 6 nitrogen and oxygen atoms in total. The molecule has 26 heavy (non-hydrogen) atoms. The Morgan fingerprint density at radius 3 is 1.69 bits per heavy atom. The third-order valence-electron chi connectivity index (χ3n) is 3.92. The second-order valence-electron chi connectivity index (χ2n) is 6.63. The highest BCUT2D eigenvalue weighted by molar-refractivity contribution is 5.75. The number of carboxylic acid groups (broad SMARTS) is 1. The first-order chi connectivity index (χ1) is 12.5. The van der Waals surface area contributed by atoms with Gasteiger partial charge in [-0.2, -0.15) is 0 Å². The predicted molar refractivity (Wildman–Crippen MR) is 107 cm³/mol. The Morgan fingerprint density at radius 2 is 1.23 bits per heavy atom. The van der Waals surface area contributed by atoms with Crippen LogP contribution in [0.25, 0.3) is 0 Å². The quantitative estimate of drug-likeness (QED) is 0.292. The Kier molecular flexibility index (Phi) is 24.9. The van der Waals surface area contributed by atoms with Crippen molar-refractivity contribution in [2.24, 2.45) is 0 Å². The number of carboxylic acids is 1. The van der Waals surface area contributed by atoms with E-state index in [0.29, 0.717) is 19.5 Å². The van der Waals surface area contributed by atoms with Gasteiger partial charge in [0, 0.05) is 33.0 Å². The van der Waals surface area contributed by atoms with E-state index in [0.717, 1.165) is 19.9 Å². The maximum Gasteiger partial charge on any atom is 0.300 e. The Balaban J connectivity index is 0. The van der Waals surface area contributed by atoms with Crippen molar-refractivity contribution >= 4 is 11.9 Å². The fourth-order valence-corrected chi connectivity index (χ4v) is 2.53. The van der Waals surface area contributed by atoms with Crippen molar-refractivity contribution in [1.82, 2.24) is 10.6 Å². The highest BCUT2D eigenvalue weighted by Crippen LogP contribution is 2.11. The average Bonchev–Trinajstić information content (AvgIpc) is 2.59. The number of carbonyl (C=O) groups is 2. The van der Waals surface area contributed by atoms with Crippen LogP contribution in [0.5, 0.6) is 0 Å². The van der Waals surface area contributed by atoms with Crippen LogP contribution in [0.1, 0.15) is 90.9 Å². The van der Waals surface area contributed by atoms with Gasteiger partial charge < -0.3 is 20.8 Å². The highest BCUT2D eigenvalue weighted by Gasteiger charge is 2.00. The van der Waals surface area contributed by atoms with Crippen LogP contribution < -0.4 is 10.6 Å². The summed E-state index contributed by atoms with van der Waals surface area (Å²) in [5.41, 5.74) is 0. The van der Waals surface area contributed by atoms with Crippen molar-refractivity contribution < 1.29 is 19.8 Å². The van der Waals surface area contributed by atoms with E-state index >= 15 is 0 Å². The molecule has 0 rings (SSSR count). The second-order valence-corrected chi connectivity index (χ2v) is 6.63. The van der Waals surface area contributed by atoms with E-state index in [2.05, 4.69) is 17.6 Å². The van der Waals surface area contributed by atoms with Crippen molar-refractivity contribution in [1.29, 1.82) is 0 Å². The molecule has 0 unspecified atom stereocenters. The minimum atomic E-state index is -0.833. The van der Waals surface area contributed by atoms with Crippen LogP contribution in [-0.2, 0) is 9.59 Å². The van der Waals surface area contributed by atoms with Crippen LogP contribution in [-0.4, -0.2) is 48.3 Å². The molecule has 0 bridgehead atoms. The fourth-order valence-electron chi connectivity index (χ4n) is 2.53. The van der Waals surface area contributed by atoms with Crippen molar-refractivity contribution in [3.63, 3.8) is 0 Å². The molecule has 156 valence electrons. The van der Waals surface area contributed by atoms with Crippen LogP contribution in [0.3, 0.4) is 0 Å². The molecule has 6 heteroatoms. The summed E-state index contributed by atoms with van der Waals surface area (Å²) in [6.07, 6.45) is 15.1. The number of nitrogens with one attached hydrogen (secondary N) is 2. The third kappa shape index (κ3) is 30.7. The van der Waals surface area contributed by atoms with E-state index in [4.69, 9.17) is 15.0 Å². The van der Waals surface area contributed by atoms with Crippen molar-refractivity contribution in [3.05, 3.63) is 0 Å². The normalized spacial score (nSPS) is 10.1. The second kappa shape index (κ2) is 23.9. The minimum absolute atomic E-state index is 0.146. The van der Waals surface area contributed by atoms with Crippen molar-refractivity contribution in [3.8, 4) is 0 Å². The number of hydrogen-bond donors (Lipinski definition) is 4. The van der Waals surface area contributed by atoms with E-state index in [-0.39, 0.29) is 12.5 Å². The molecule has 0 aromatic heterocycles. The molecule has 0 saturated carbocycles. The molecular formula is C20H42N2O4. The Hall–Kier alpha value is -1.14. The maximum atomic E-state index is 11.5. The smallest absolute Gasteiger partial charge is 0.300 e.